The second-order valence-corrected chi connectivity index (χ2v) is 3.98. The Morgan fingerprint density at radius 1 is 1.73 bits per heavy atom. The number of thioether (sulfide) groups is 1. The van der Waals surface area contributed by atoms with Crippen LogP contribution in [0, 0.1) is 0 Å². The van der Waals surface area contributed by atoms with E-state index in [9.17, 15) is 4.79 Å². The van der Waals surface area contributed by atoms with Crippen molar-refractivity contribution < 1.29 is 9.90 Å². The Kier molecular flexibility index (Phi) is 5.06. The average Bonchev–Trinajstić information content (AvgIpc) is 2.25. The molecule has 0 aliphatic heterocycles. The van der Waals surface area contributed by atoms with Gasteiger partial charge < -0.3 is 10.4 Å². The maximum atomic E-state index is 10.7. The van der Waals surface area contributed by atoms with E-state index in [0.717, 1.165) is 10.8 Å². The number of hydrogen-bond acceptors (Lipinski definition) is 5. The van der Waals surface area contributed by atoms with Gasteiger partial charge in [0.25, 0.3) is 0 Å². The van der Waals surface area contributed by atoms with Crippen LogP contribution in [0.3, 0.4) is 0 Å². The SMILES string of the molecule is CNC(CCSc1ccncn1)C(=O)O. The molecular formula is C9H13N3O2S. The number of nitrogens with zero attached hydrogens (tertiary/aromatic N) is 2. The van der Waals surface area contributed by atoms with Crippen molar-refractivity contribution in [3.8, 4) is 0 Å². The van der Waals surface area contributed by atoms with Crippen molar-refractivity contribution in [2.75, 3.05) is 12.8 Å². The molecule has 0 aromatic carbocycles. The summed E-state index contributed by atoms with van der Waals surface area (Å²) in [6.45, 7) is 0. The van der Waals surface area contributed by atoms with E-state index in [0.29, 0.717) is 6.42 Å². The van der Waals surface area contributed by atoms with Crippen LogP contribution >= 0.6 is 11.8 Å². The molecule has 0 aliphatic rings. The minimum Gasteiger partial charge on any atom is -0.480 e. The Balaban J connectivity index is 2.30. The van der Waals surface area contributed by atoms with Gasteiger partial charge in [-0.15, -0.1) is 11.8 Å². The molecule has 0 amide bonds. The number of nitrogens with one attached hydrogen (secondary N) is 1. The molecule has 0 aliphatic carbocycles. The first-order valence-electron chi connectivity index (χ1n) is 4.53. The predicted octanol–water partition coefficient (Wildman–Crippen LogP) is 0.631. The fourth-order valence-electron chi connectivity index (χ4n) is 1.04. The first-order valence-corrected chi connectivity index (χ1v) is 5.51. The Hall–Kier alpha value is -1.14. The van der Waals surface area contributed by atoms with Gasteiger partial charge >= 0.3 is 5.97 Å². The van der Waals surface area contributed by atoms with Crippen molar-refractivity contribution in [3.05, 3.63) is 18.6 Å². The monoisotopic (exact) mass is 227 g/mol. The fourth-order valence-corrected chi connectivity index (χ4v) is 1.88. The van der Waals surface area contributed by atoms with Gasteiger partial charge in [0, 0.05) is 11.9 Å². The summed E-state index contributed by atoms with van der Waals surface area (Å²) in [6, 6.07) is 1.32. The van der Waals surface area contributed by atoms with Crippen LogP contribution in [0.25, 0.3) is 0 Å². The molecule has 82 valence electrons. The van der Waals surface area contributed by atoms with Gasteiger partial charge in [-0.2, -0.15) is 0 Å². The van der Waals surface area contributed by atoms with E-state index in [1.54, 1.807) is 19.3 Å². The topological polar surface area (TPSA) is 75.1 Å². The second kappa shape index (κ2) is 6.36. The highest BCUT2D eigenvalue weighted by Gasteiger charge is 2.13. The number of aliphatic carboxylic acids is 1. The highest BCUT2D eigenvalue weighted by molar-refractivity contribution is 7.99. The van der Waals surface area contributed by atoms with Crippen LogP contribution in [-0.4, -0.2) is 39.9 Å². The smallest absolute Gasteiger partial charge is 0.320 e. The number of carboxylic acid groups (broad SMARTS) is 1. The zero-order valence-corrected chi connectivity index (χ0v) is 9.20. The Labute approximate surface area is 92.3 Å². The minimum absolute atomic E-state index is 0.487. The van der Waals surface area contributed by atoms with Crippen LogP contribution in [0.15, 0.2) is 23.6 Å². The summed E-state index contributed by atoms with van der Waals surface area (Å²) >= 11 is 1.53. The standard InChI is InChI=1S/C9H13N3O2S/c1-10-7(9(13)14)3-5-15-8-2-4-11-6-12-8/h2,4,6-7,10H,3,5H2,1H3,(H,13,14). The molecule has 5 nitrogen and oxygen atoms in total. The van der Waals surface area contributed by atoms with Crippen molar-refractivity contribution in [3.63, 3.8) is 0 Å². The van der Waals surface area contributed by atoms with Crippen LogP contribution in [-0.2, 0) is 4.79 Å². The Bertz CT molecular complexity index is 307. The molecule has 0 fully saturated rings. The number of carboxylic acids is 1. The fraction of sp³-hybridized carbons (Fsp3) is 0.444. The molecule has 0 radical (unpaired) electrons. The lowest BCUT2D eigenvalue weighted by molar-refractivity contribution is -0.139. The van der Waals surface area contributed by atoms with Crippen LogP contribution in [0.1, 0.15) is 6.42 Å². The van der Waals surface area contributed by atoms with E-state index in [1.165, 1.54) is 18.1 Å². The Morgan fingerprint density at radius 3 is 3.07 bits per heavy atom. The van der Waals surface area contributed by atoms with E-state index >= 15 is 0 Å². The van der Waals surface area contributed by atoms with Gasteiger partial charge in [0.15, 0.2) is 0 Å². The quantitative estimate of drug-likeness (QED) is 0.548. The van der Waals surface area contributed by atoms with Gasteiger partial charge in [-0.25, -0.2) is 9.97 Å². The van der Waals surface area contributed by atoms with Gasteiger partial charge in [-0.3, -0.25) is 4.79 Å². The Morgan fingerprint density at radius 2 is 2.53 bits per heavy atom. The molecule has 0 saturated heterocycles. The first kappa shape index (κ1) is 11.9. The summed E-state index contributed by atoms with van der Waals surface area (Å²) in [5.41, 5.74) is 0. The van der Waals surface area contributed by atoms with Crippen LogP contribution in [0.5, 0.6) is 0 Å². The molecule has 1 heterocycles. The molecule has 0 bridgehead atoms. The largest absolute Gasteiger partial charge is 0.480 e. The number of carbonyl (C=O) groups is 1. The van der Waals surface area contributed by atoms with E-state index in [4.69, 9.17) is 5.11 Å². The number of likely N-dealkylation sites (N-methyl/N-ethyl adjacent to an activating group) is 1. The second-order valence-electron chi connectivity index (χ2n) is 2.86. The molecule has 1 atom stereocenters. The molecule has 1 aromatic rings. The first-order chi connectivity index (χ1) is 7.24. The molecule has 1 rings (SSSR count). The normalized spacial score (nSPS) is 12.3. The molecule has 1 unspecified atom stereocenters. The number of hydrogen-bond donors (Lipinski definition) is 2. The summed E-state index contributed by atoms with van der Waals surface area (Å²) in [6.07, 6.45) is 3.72. The van der Waals surface area contributed by atoms with Gasteiger partial charge in [0.2, 0.25) is 0 Å². The summed E-state index contributed by atoms with van der Waals surface area (Å²) in [5.74, 6) is -0.102. The highest BCUT2D eigenvalue weighted by Crippen LogP contribution is 2.15. The summed E-state index contributed by atoms with van der Waals surface area (Å²) in [7, 11) is 1.65. The van der Waals surface area contributed by atoms with E-state index < -0.39 is 12.0 Å². The summed E-state index contributed by atoms with van der Waals surface area (Å²) < 4.78 is 0. The lowest BCUT2D eigenvalue weighted by Gasteiger charge is -2.09. The molecule has 6 heteroatoms. The highest BCUT2D eigenvalue weighted by atomic mass is 32.2. The van der Waals surface area contributed by atoms with Crippen molar-refractivity contribution in [2.45, 2.75) is 17.5 Å². The van der Waals surface area contributed by atoms with Crippen molar-refractivity contribution in [1.82, 2.24) is 15.3 Å². The van der Waals surface area contributed by atoms with Gasteiger partial charge in [-0.05, 0) is 19.5 Å². The lowest BCUT2D eigenvalue weighted by Crippen LogP contribution is -2.34. The molecule has 1 aromatic heterocycles. The maximum absolute atomic E-state index is 10.7. The zero-order chi connectivity index (χ0) is 11.1. The van der Waals surface area contributed by atoms with Gasteiger partial charge in [0.05, 0.1) is 5.03 Å². The predicted molar refractivity (Wildman–Crippen MR) is 57.9 cm³/mol. The van der Waals surface area contributed by atoms with Crippen LogP contribution in [0.4, 0.5) is 0 Å². The summed E-state index contributed by atoms with van der Waals surface area (Å²) in [4.78, 5) is 18.5. The maximum Gasteiger partial charge on any atom is 0.320 e. The molecule has 0 spiro atoms. The number of rotatable bonds is 6. The minimum atomic E-state index is -0.819. The van der Waals surface area contributed by atoms with Crippen molar-refractivity contribution in [2.24, 2.45) is 0 Å². The summed E-state index contributed by atoms with van der Waals surface area (Å²) in [5, 5.41) is 12.4. The molecule has 2 N–H and O–H groups in total. The lowest BCUT2D eigenvalue weighted by atomic mass is 10.2. The zero-order valence-electron chi connectivity index (χ0n) is 8.38. The third-order valence-corrected chi connectivity index (χ3v) is 2.83. The average molecular weight is 227 g/mol. The van der Waals surface area contributed by atoms with Crippen LogP contribution in [0.2, 0.25) is 0 Å². The van der Waals surface area contributed by atoms with Gasteiger partial charge in [0.1, 0.15) is 12.4 Å². The molecule has 15 heavy (non-hydrogen) atoms. The molecular weight excluding hydrogens is 214 g/mol. The van der Waals surface area contributed by atoms with E-state index in [2.05, 4.69) is 15.3 Å². The van der Waals surface area contributed by atoms with E-state index in [-0.39, 0.29) is 0 Å². The van der Waals surface area contributed by atoms with Crippen molar-refractivity contribution >= 4 is 17.7 Å². The van der Waals surface area contributed by atoms with Crippen molar-refractivity contribution in [1.29, 1.82) is 0 Å². The third-order valence-electron chi connectivity index (χ3n) is 1.86. The number of aromatic nitrogens is 2. The van der Waals surface area contributed by atoms with Gasteiger partial charge in [-0.1, -0.05) is 0 Å². The van der Waals surface area contributed by atoms with E-state index in [1.807, 2.05) is 0 Å². The van der Waals surface area contributed by atoms with Crippen LogP contribution < -0.4 is 5.32 Å². The third kappa shape index (κ3) is 4.26. The molecule has 0 saturated carbocycles.